The van der Waals surface area contributed by atoms with E-state index < -0.39 is 16.3 Å². The van der Waals surface area contributed by atoms with Crippen molar-refractivity contribution in [3.63, 3.8) is 0 Å². The monoisotopic (exact) mass is 510 g/mol. The predicted octanol–water partition coefficient (Wildman–Crippen LogP) is 2.91. The van der Waals surface area contributed by atoms with Gasteiger partial charge >= 0.3 is 0 Å². The molecule has 10 nitrogen and oxygen atoms in total. The van der Waals surface area contributed by atoms with Crippen LogP contribution in [0.4, 0.5) is 21.7 Å². The Labute approximate surface area is 214 Å². The van der Waals surface area contributed by atoms with E-state index in [-0.39, 0.29) is 23.7 Å². The number of carbonyl (C=O) groups excluding carboxylic acids is 1. The summed E-state index contributed by atoms with van der Waals surface area (Å²) in [7, 11) is 0. The lowest BCUT2D eigenvalue weighted by Gasteiger charge is -2.58. The van der Waals surface area contributed by atoms with Gasteiger partial charge in [-0.1, -0.05) is 0 Å². The van der Waals surface area contributed by atoms with Crippen LogP contribution in [0.2, 0.25) is 0 Å². The van der Waals surface area contributed by atoms with Crippen molar-refractivity contribution in [2.24, 2.45) is 17.8 Å². The number of aromatic nitrogens is 2. The van der Waals surface area contributed by atoms with Gasteiger partial charge in [0.2, 0.25) is 5.95 Å². The molecule has 5 aliphatic rings. The summed E-state index contributed by atoms with van der Waals surface area (Å²) in [5, 5.41) is 25.0. The van der Waals surface area contributed by atoms with Crippen LogP contribution in [0.25, 0.3) is 0 Å². The highest BCUT2D eigenvalue weighted by molar-refractivity contribution is 5.92. The van der Waals surface area contributed by atoms with Gasteiger partial charge in [0.1, 0.15) is 5.69 Å². The second-order valence-corrected chi connectivity index (χ2v) is 11.3. The summed E-state index contributed by atoms with van der Waals surface area (Å²) in [6, 6.07) is 5.32. The number of carbonyl (C=O) groups is 1. The number of piperazine rings is 1. The Kier molecular flexibility index (Phi) is 5.78. The molecule has 1 aromatic carbocycles. The molecule has 4 bridgehead atoms. The number of aliphatic hydroxyl groups is 1. The number of rotatable bonds is 5. The van der Waals surface area contributed by atoms with Gasteiger partial charge in [0.15, 0.2) is 5.82 Å². The molecule has 3 atom stereocenters. The highest BCUT2D eigenvalue weighted by Gasteiger charge is 2.55. The zero-order valence-corrected chi connectivity index (χ0v) is 20.7. The third-order valence-electron chi connectivity index (χ3n) is 8.78. The third kappa shape index (κ3) is 4.39. The van der Waals surface area contributed by atoms with E-state index in [4.69, 9.17) is 0 Å². The second-order valence-electron chi connectivity index (χ2n) is 11.3. The van der Waals surface area contributed by atoms with Gasteiger partial charge < -0.3 is 20.2 Å². The second kappa shape index (κ2) is 8.90. The number of nitro benzene ring substituents is 1. The summed E-state index contributed by atoms with van der Waals surface area (Å²) in [5.74, 6) is 0.808. The van der Waals surface area contributed by atoms with Crippen LogP contribution >= 0.6 is 0 Å². The van der Waals surface area contributed by atoms with Gasteiger partial charge in [0, 0.05) is 44.0 Å². The molecule has 0 spiro atoms. The van der Waals surface area contributed by atoms with E-state index >= 15 is 0 Å². The molecular formula is C26H31FN6O4. The Morgan fingerprint density at radius 3 is 2.62 bits per heavy atom. The maximum atomic E-state index is 14.6. The molecule has 196 valence electrons. The summed E-state index contributed by atoms with van der Waals surface area (Å²) in [6.45, 7) is 3.44. The zero-order chi connectivity index (χ0) is 25.9. The van der Waals surface area contributed by atoms with Crippen molar-refractivity contribution in [3.8, 4) is 0 Å². The molecule has 2 aromatic rings. The van der Waals surface area contributed by atoms with E-state index in [9.17, 15) is 24.4 Å². The van der Waals surface area contributed by atoms with Crippen LogP contribution < -0.4 is 15.1 Å². The number of nitrogens with zero attached hydrogens (tertiary/aromatic N) is 5. The molecule has 4 saturated carbocycles. The first-order chi connectivity index (χ1) is 17.7. The van der Waals surface area contributed by atoms with E-state index in [0.29, 0.717) is 54.7 Å². The summed E-state index contributed by atoms with van der Waals surface area (Å²) in [6.07, 6.45) is 6.14. The fraction of sp³-hybridized carbons (Fsp3) is 0.577. The van der Waals surface area contributed by atoms with Crippen molar-refractivity contribution in [2.45, 2.75) is 56.7 Å². The average molecular weight is 511 g/mol. The van der Waals surface area contributed by atoms with E-state index in [0.717, 1.165) is 38.2 Å². The van der Waals surface area contributed by atoms with Crippen molar-refractivity contribution in [1.82, 2.24) is 15.3 Å². The van der Waals surface area contributed by atoms with Crippen LogP contribution in [0, 0.1) is 33.7 Å². The first kappa shape index (κ1) is 24.0. The number of nitrogens with one attached hydrogen (secondary N) is 1. The number of nitro groups is 1. The van der Waals surface area contributed by atoms with Crippen LogP contribution in [0.15, 0.2) is 30.5 Å². The molecule has 11 heteroatoms. The maximum absolute atomic E-state index is 14.6. The topological polar surface area (TPSA) is 125 Å². The van der Waals surface area contributed by atoms with Crippen molar-refractivity contribution in [2.75, 3.05) is 29.4 Å². The standard InChI is InChI=1S/C26H31FN6O4/c1-15-14-31(22-3-2-19(33(36)37)10-20(22)27)6-7-32(15)25-28-5-4-21(29-25)24(34)30-23-17-8-16-9-18(23)13-26(35,11-16)12-17/h2-5,10,15-18,23,35H,6-9,11-14H2,1H3,(H,30,34)/t15-,16?,17?,18?,23?,26?/m1/s1. The van der Waals surface area contributed by atoms with E-state index in [1.54, 1.807) is 12.3 Å². The summed E-state index contributed by atoms with van der Waals surface area (Å²) in [4.78, 5) is 36.3. The van der Waals surface area contributed by atoms with Crippen LogP contribution in [0.3, 0.4) is 0 Å². The van der Waals surface area contributed by atoms with Crippen molar-refractivity contribution in [3.05, 3.63) is 52.1 Å². The van der Waals surface area contributed by atoms with Gasteiger partial charge in [-0.3, -0.25) is 14.9 Å². The summed E-state index contributed by atoms with van der Waals surface area (Å²) >= 11 is 0. The van der Waals surface area contributed by atoms with Gasteiger partial charge in [-0.25, -0.2) is 14.4 Å². The molecule has 2 N–H and O–H groups in total. The lowest BCUT2D eigenvalue weighted by Crippen LogP contribution is -2.61. The average Bonchev–Trinajstić information content (AvgIpc) is 2.85. The Hall–Kier alpha value is -3.34. The maximum Gasteiger partial charge on any atom is 0.272 e. The number of non-ortho nitro benzene ring substituents is 1. The SMILES string of the molecule is C[C@@H]1CN(c2ccc([N+](=O)[O-])cc2F)CCN1c1nccc(C(=O)NC2C3CC4CC2CC(O)(C4)C3)n1. The Balaban J connectivity index is 1.13. The number of halogens is 1. The van der Waals surface area contributed by atoms with Crippen LogP contribution in [-0.2, 0) is 0 Å². The third-order valence-corrected chi connectivity index (χ3v) is 8.78. The van der Waals surface area contributed by atoms with E-state index in [1.807, 2.05) is 16.7 Å². The Morgan fingerprint density at radius 1 is 1.22 bits per heavy atom. The minimum atomic E-state index is -0.623. The molecule has 1 aromatic heterocycles. The number of hydrogen-bond acceptors (Lipinski definition) is 8. The quantitative estimate of drug-likeness (QED) is 0.465. The molecule has 2 heterocycles. The van der Waals surface area contributed by atoms with Crippen molar-refractivity contribution in [1.29, 1.82) is 0 Å². The molecule has 0 radical (unpaired) electrons. The predicted molar refractivity (Wildman–Crippen MR) is 134 cm³/mol. The Bertz CT molecular complexity index is 1230. The molecule has 2 unspecified atom stereocenters. The van der Waals surface area contributed by atoms with Gasteiger partial charge in [0.05, 0.1) is 22.3 Å². The normalized spacial score (nSPS) is 32.5. The van der Waals surface area contributed by atoms with Crippen LogP contribution in [-0.4, -0.2) is 63.2 Å². The van der Waals surface area contributed by atoms with Gasteiger partial charge in [0.25, 0.3) is 11.6 Å². The number of hydrogen-bond donors (Lipinski definition) is 2. The zero-order valence-electron chi connectivity index (χ0n) is 20.7. The highest BCUT2D eigenvalue weighted by Crippen LogP contribution is 2.55. The Morgan fingerprint density at radius 2 is 1.97 bits per heavy atom. The first-order valence-electron chi connectivity index (χ1n) is 13.0. The van der Waals surface area contributed by atoms with Gasteiger partial charge in [-0.05, 0) is 68.9 Å². The van der Waals surface area contributed by atoms with Crippen molar-refractivity contribution < 1.29 is 19.2 Å². The van der Waals surface area contributed by atoms with Gasteiger partial charge in [-0.15, -0.1) is 0 Å². The number of benzene rings is 1. The lowest BCUT2D eigenvalue weighted by molar-refractivity contribution is -0.385. The largest absolute Gasteiger partial charge is 0.390 e. The fourth-order valence-corrected chi connectivity index (χ4v) is 7.39. The summed E-state index contributed by atoms with van der Waals surface area (Å²) in [5.41, 5.74) is -0.184. The minimum absolute atomic E-state index is 0.0711. The smallest absolute Gasteiger partial charge is 0.272 e. The van der Waals surface area contributed by atoms with Crippen molar-refractivity contribution >= 4 is 23.2 Å². The molecular weight excluding hydrogens is 479 g/mol. The fourth-order valence-electron chi connectivity index (χ4n) is 7.39. The first-order valence-corrected chi connectivity index (χ1v) is 13.0. The lowest BCUT2D eigenvalue weighted by atomic mass is 9.52. The van der Waals surface area contributed by atoms with E-state index in [2.05, 4.69) is 15.3 Å². The van der Waals surface area contributed by atoms with Crippen LogP contribution in [0.1, 0.15) is 49.5 Å². The molecule has 1 amide bonds. The molecule has 5 fully saturated rings. The van der Waals surface area contributed by atoms with Crippen LogP contribution in [0.5, 0.6) is 0 Å². The molecule has 4 aliphatic carbocycles. The minimum Gasteiger partial charge on any atom is -0.390 e. The summed E-state index contributed by atoms with van der Waals surface area (Å²) < 4.78 is 14.6. The highest BCUT2D eigenvalue weighted by atomic mass is 19.1. The van der Waals surface area contributed by atoms with E-state index in [1.165, 1.54) is 12.1 Å². The molecule has 1 aliphatic heterocycles. The molecule has 7 rings (SSSR count). The molecule has 1 saturated heterocycles. The molecule has 37 heavy (non-hydrogen) atoms. The number of anilines is 2. The number of amides is 1. The van der Waals surface area contributed by atoms with Gasteiger partial charge in [-0.2, -0.15) is 0 Å².